The third-order valence-electron chi connectivity index (χ3n) is 8.49. The van der Waals surface area contributed by atoms with Gasteiger partial charge in [0.2, 0.25) is 0 Å². The molecule has 1 saturated heterocycles. The summed E-state index contributed by atoms with van der Waals surface area (Å²) in [5, 5.41) is 4.88. The zero-order chi connectivity index (χ0) is 30.1. The van der Waals surface area contributed by atoms with Gasteiger partial charge in [-0.15, -0.1) is 5.10 Å². The fraction of sp³-hybridized carbons (Fsp3) is 0.516. The van der Waals surface area contributed by atoms with Crippen molar-refractivity contribution < 1.29 is 23.9 Å². The molecule has 0 bridgehead atoms. The van der Waals surface area contributed by atoms with Crippen molar-refractivity contribution in [3.05, 3.63) is 69.5 Å². The highest BCUT2D eigenvalue weighted by Gasteiger charge is 2.51. The second-order valence-electron chi connectivity index (χ2n) is 11.7. The molecule has 3 heterocycles. The highest BCUT2D eigenvalue weighted by atomic mass is 35.5. The summed E-state index contributed by atoms with van der Waals surface area (Å²) in [6.45, 7) is 13.1. The first-order valence-electron chi connectivity index (χ1n) is 14.4. The predicted molar refractivity (Wildman–Crippen MR) is 154 cm³/mol. The lowest BCUT2D eigenvalue weighted by molar-refractivity contribution is -0.185. The number of carbonyl (C=O) groups excluding carboxylic acids is 3. The van der Waals surface area contributed by atoms with Crippen LogP contribution in [-0.4, -0.2) is 49.5 Å². The number of esters is 2. The molecule has 2 unspecified atom stereocenters. The van der Waals surface area contributed by atoms with Crippen LogP contribution in [0, 0.1) is 18.4 Å². The number of aryl methyl sites for hydroxylation is 1. The Balaban J connectivity index is 1.32. The molecular formula is C31H34ClN5O5. The average molecular weight is 592 g/mol. The molecule has 5 rings (SSSR count). The third-order valence-corrected chi connectivity index (χ3v) is 8.81. The summed E-state index contributed by atoms with van der Waals surface area (Å²) in [5.74, 6) is -1.63. The van der Waals surface area contributed by atoms with Crippen LogP contribution in [0.2, 0.25) is 5.02 Å². The average Bonchev–Trinajstić information content (AvgIpc) is 3.64. The molecule has 1 aliphatic carbocycles. The van der Waals surface area contributed by atoms with Crippen LogP contribution in [0.5, 0.6) is 0 Å². The summed E-state index contributed by atoms with van der Waals surface area (Å²) in [4.78, 5) is 51.3. The number of benzene rings is 1. The van der Waals surface area contributed by atoms with Gasteiger partial charge in [-0.25, -0.2) is 20.9 Å². The molecule has 1 aromatic carbocycles. The largest absolute Gasteiger partial charge is 0.462 e. The lowest BCUT2D eigenvalue weighted by Gasteiger charge is -2.43. The monoisotopic (exact) mass is 591 g/mol. The molecule has 0 amide bonds. The van der Waals surface area contributed by atoms with Gasteiger partial charge in [-0.2, -0.15) is 4.98 Å². The van der Waals surface area contributed by atoms with E-state index in [9.17, 15) is 14.4 Å². The highest BCUT2D eigenvalue weighted by molar-refractivity contribution is 6.31. The molecule has 1 saturated carbocycles. The molecular weight excluding hydrogens is 558 g/mol. The normalized spacial score (nSPS) is 21.4. The van der Waals surface area contributed by atoms with Gasteiger partial charge in [0.15, 0.2) is 11.6 Å². The number of aromatic nitrogens is 4. The number of hydrogen-bond acceptors (Lipinski definition) is 8. The summed E-state index contributed by atoms with van der Waals surface area (Å²) in [7, 11) is 0. The zero-order valence-corrected chi connectivity index (χ0v) is 24.8. The number of fused-ring (bicyclic) bond motifs is 1. The van der Waals surface area contributed by atoms with E-state index in [1.54, 1.807) is 6.92 Å². The molecule has 10 nitrogen and oxygen atoms in total. The maximum absolute atomic E-state index is 13.6. The molecule has 42 heavy (non-hydrogen) atoms. The molecule has 3 aromatic rings. The molecule has 2 aliphatic rings. The van der Waals surface area contributed by atoms with Gasteiger partial charge in [-0.3, -0.25) is 9.59 Å². The number of halogens is 1. The Morgan fingerprint density at radius 1 is 1.29 bits per heavy atom. The van der Waals surface area contributed by atoms with Gasteiger partial charge in [0.05, 0.1) is 22.8 Å². The van der Waals surface area contributed by atoms with Crippen LogP contribution in [-0.2, 0) is 37.4 Å². The van der Waals surface area contributed by atoms with Crippen molar-refractivity contribution in [1.82, 2.24) is 19.6 Å². The molecule has 2 fully saturated rings. The van der Waals surface area contributed by atoms with E-state index in [1.807, 2.05) is 32.0 Å². The number of hydrogen-bond donors (Lipinski definition) is 0. The molecule has 2 atom stereocenters. The Morgan fingerprint density at radius 3 is 2.71 bits per heavy atom. The molecule has 11 heteroatoms. The summed E-state index contributed by atoms with van der Waals surface area (Å²) in [6, 6.07) is 5.72. The van der Waals surface area contributed by atoms with E-state index >= 15 is 0 Å². The number of Topliss-reactive ketones (excluding diaryl/α,β-unsaturated/α-hetero) is 1. The standard InChI is InChI=1S/C31H34ClN5O5/c1-5-41-27(39)20-17-34-29-35-26(36-37(29)18-20)15-22-25(38)16-31(42-28(22)40,21-8-6-7-9-21)13-12-19-10-11-23(24(32)14-19)30(2,3)33-4/h10-11,14,17-18,21-22H,5-9,12-13,15-16H2,1-3H3. The Kier molecular flexibility index (Phi) is 8.33. The summed E-state index contributed by atoms with van der Waals surface area (Å²) < 4.78 is 12.6. The van der Waals surface area contributed by atoms with E-state index in [0.29, 0.717) is 17.9 Å². The van der Waals surface area contributed by atoms with E-state index in [-0.39, 0.29) is 48.3 Å². The van der Waals surface area contributed by atoms with Gasteiger partial charge in [-0.1, -0.05) is 30.5 Å². The number of cyclic esters (lactones) is 1. The van der Waals surface area contributed by atoms with Crippen molar-refractivity contribution in [2.45, 2.75) is 83.3 Å². The van der Waals surface area contributed by atoms with Crippen LogP contribution >= 0.6 is 11.6 Å². The fourth-order valence-corrected chi connectivity index (χ4v) is 6.55. The zero-order valence-electron chi connectivity index (χ0n) is 24.1. The van der Waals surface area contributed by atoms with Crippen LogP contribution in [0.3, 0.4) is 0 Å². The van der Waals surface area contributed by atoms with Crippen molar-refractivity contribution in [3.8, 4) is 0 Å². The van der Waals surface area contributed by atoms with Crippen LogP contribution in [0.25, 0.3) is 10.6 Å². The van der Waals surface area contributed by atoms with E-state index in [4.69, 9.17) is 27.6 Å². The van der Waals surface area contributed by atoms with Crippen LogP contribution < -0.4 is 0 Å². The van der Waals surface area contributed by atoms with Gasteiger partial charge in [0.25, 0.3) is 11.3 Å². The number of ketones is 1. The Labute approximate surface area is 249 Å². The van der Waals surface area contributed by atoms with E-state index in [2.05, 4.69) is 19.9 Å². The van der Waals surface area contributed by atoms with Crippen molar-refractivity contribution >= 4 is 35.1 Å². The first kappa shape index (κ1) is 29.6. The first-order chi connectivity index (χ1) is 20.0. The van der Waals surface area contributed by atoms with E-state index in [1.165, 1.54) is 16.9 Å². The van der Waals surface area contributed by atoms with Crippen molar-refractivity contribution in [3.63, 3.8) is 0 Å². The third kappa shape index (κ3) is 5.88. The quantitative estimate of drug-likeness (QED) is 0.186. The highest BCUT2D eigenvalue weighted by Crippen LogP contribution is 2.45. The van der Waals surface area contributed by atoms with E-state index < -0.39 is 29.0 Å². The van der Waals surface area contributed by atoms with Crippen LogP contribution in [0.15, 0.2) is 30.6 Å². The van der Waals surface area contributed by atoms with Crippen molar-refractivity contribution in [1.29, 1.82) is 0 Å². The number of carbonyl (C=O) groups is 3. The lowest BCUT2D eigenvalue weighted by Crippen LogP contribution is -2.52. The van der Waals surface area contributed by atoms with Crippen LogP contribution in [0.1, 0.15) is 86.6 Å². The molecule has 220 valence electrons. The first-order valence-corrected chi connectivity index (χ1v) is 14.7. The minimum atomic E-state index is -1.01. The maximum atomic E-state index is 13.6. The summed E-state index contributed by atoms with van der Waals surface area (Å²) in [6.07, 6.45) is 7.95. The molecule has 0 N–H and O–H groups in total. The summed E-state index contributed by atoms with van der Waals surface area (Å²) in [5.41, 5.74) is 0.362. The van der Waals surface area contributed by atoms with Gasteiger partial charge in [0, 0.05) is 39.1 Å². The SMILES string of the molecule is [C-]#[N+]C(C)(C)c1ccc(CCC2(C3CCCC3)CC(=O)C(Cc3nc4ncc(C(=O)OCC)cn4n3)C(=O)O2)cc1Cl. The minimum absolute atomic E-state index is 0.00950. The molecule has 0 radical (unpaired) electrons. The molecule has 0 spiro atoms. The minimum Gasteiger partial charge on any atom is -0.462 e. The van der Waals surface area contributed by atoms with Gasteiger partial charge >= 0.3 is 11.9 Å². The van der Waals surface area contributed by atoms with Gasteiger partial charge in [-0.05, 0) is 56.2 Å². The number of rotatable bonds is 9. The predicted octanol–water partition coefficient (Wildman–Crippen LogP) is 5.35. The maximum Gasteiger partial charge on any atom is 0.341 e. The fourth-order valence-electron chi connectivity index (χ4n) is 6.12. The Morgan fingerprint density at radius 2 is 2.05 bits per heavy atom. The number of ether oxygens (including phenoxy) is 2. The topological polar surface area (TPSA) is 117 Å². The Hall–Kier alpha value is -3.84. The van der Waals surface area contributed by atoms with E-state index in [0.717, 1.165) is 36.8 Å². The van der Waals surface area contributed by atoms with Crippen LogP contribution in [0.4, 0.5) is 0 Å². The molecule has 1 aliphatic heterocycles. The lowest BCUT2D eigenvalue weighted by atomic mass is 9.73. The van der Waals surface area contributed by atoms with Crippen molar-refractivity contribution in [2.75, 3.05) is 6.61 Å². The smallest absolute Gasteiger partial charge is 0.341 e. The second-order valence-corrected chi connectivity index (χ2v) is 12.1. The molecule has 2 aromatic heterocycles. The van der Waals surface area contributed by atoms with Crippen molar-refractivity contribution in [2.24, 2.45) is 11.8 Å². The second kappa shape index (κ2) is 11.8. The number of nitrogens with zero attached hydrogens (tertiary/aromatic N) is 5. The van der Waals surface area contributed by atoms with Gasteiger partial charge < -0.3 is 14.3 Å². The summed E-state index contributed by atoms with van der Waals surface area (Å²) >= 11 is 6.56. The van der Waals surface area contributed by atoms with Gasteiger partial charge in [0.1, 0.15) is 11.5 Å². The Bertz CT molecular complexity index is 1550.